The Kier molecular flexibility index (Phi) is 4.25. The topological polar surface area (TPSA) is 37.8 Å². The van der Waals surface area contributed by atoms with E-state index in [1.165, 1.54) is 0 Å². The number of H-pyrrole nitrogens is 1. The maximum absolute atomic E-state index is 12.4. The first-order valence-electron chi connectivity index (χ1n) is 7.04. The molecule has 0 spiro atoms. The van der Waals surface area contributed by atoms with Crippen LogP contribution in [0.5, 0.6) is 0 Å². The van der Waals surface area contributed by atoms with Gasteiger partial charge in [0.2, 0.25) is 0 Å². The van der Waals surface area contributed by atoms with Crippen LogP contribution in [0.25, 0.3) is 11.3 Å². The van der Waals surface area contributed by atoms with Gasteiger partial charge in [0.1, 0.15) is 0 Å². The molecule has 2 aromatic rings. The van der Waals surface area contributed by atoms with Gasteiger partial charge in [0, 0.05) is 11.6 Å². The second-order valence-corrected chi connectivity index (χ2v) is 5.20. The molecule has 102 valence electrons. The van der Waals surface area contributed by atoms with E-state index >= 15 is 0 Å². The van der Waals surface area contributed by atoms with Gasteiger partial charge >= 0.3 is 0 Å². The molecule has 0 saturated carbocycles. The predicted octanol–water partition coefficient (Wildman–Crippen LogP) is 3.77. The van der Waals surface area contributed by atoms with Crippen molar-refractivity contribution < 1.29 is 0 Å². The molecule has 1 N–H and O–H groups in total. The lowest BCUT2D eigenvalue weighted by Crippen LogP contribution is -2.20. The SMILES string of the molecule is CCCCc1c(-c2ccccc2)[nH]n(C(C)C)c1=O. The minimum absolute atomic E-state index is 0.127. The number of hydrogen-bond donors (Lipinski definition) is 1. The standard InChI is InChI=1S/C16H22N2O/c1-4-5-11-14-15(13-9-7-6-8-10-13)17-18(12(2)3)16(14)19/h6-10,12,17H,4-5,11H2,1-3H3. The van der Waals surface area contributed by atoms with Gasteiger partial charge in [-0.2, -0.15) is 0 Å². The van der Waals surface area contributed by atoms with Gasteiger partial charge in [-0.3, -0.25) is 9.89 Å². The van der Waals surface area contributed by atoms with E-state index in [0.29, 0.717) is 0 Å². The van der Waals surface area contributed by atoms with Gasteiger partial charge in [0.25, 0.3) is 5.56 Å². The lowest BCUT2D eigenvalue weighted by molar-refractivity contribution is 0.517. The Hall–Kier alpha value is -1.77. The van der Waals surface area contributed by atoms with Gasteiger partial charge < -0.3 is 0 Å². The van der Waals surface area contributed by atoms with E-state index in [1.807, 2.05) is 44.2 Å². The predicted molar refractivity (Wildman–Crippen MR) is 79.5 cm³/mol. The monoisotopic (exact) mass is 258 g/mol. The van der Waals surface area contributed by atoms with Crippen LogP contribution in [0.15, 0.2) is 35.1 Å². The van der Waals surface area contributed by atoms with E-state index in [-0.39, 0.29) is 11.6 Å². The summed E-state index contributed by atoms with van der Waals surface area (Å²) in [5.41, 5.74) is 3.11. The Morgan fingerprint density at radius 2 is 1.89 bits per heavy atom. The maximum Gasteiger partial charge on any atom is 0.270 e. The molecular weight excluding hydrogens is 236 g/mol. The van der Waals surface area contributed by atoms with E-state index in [1.54, 1.807) is 4.68 Å². The summed E-state index contributed by atoms with van der Waals surface area (Å²) in [6, 6.07) is 10.3. The van der Waals surface area contributed by atoms with E-state index < -0.39 is 0 Å². The fourth-order valence-electron chi connectivity index (χ4n) is 2.28. The minimum atomic E-state index is 0.127. The number of nitrogens with one attached hydrogen (secondary N) is 1. The van der Waals surface area contributed by atoms with Crippen molar-refractivity contribution in [2.45, 2.75) is 46.1 Å². The summed E-state index contributed by atoms with van der Waals surface area (Å²) >= 11 is 0. The van der Waals surface area contributed by atoms with Crippen LogP contribution in [0.2, 0.25) is 0 Å². The summed E-state index contributed by atoms with van der Waals surface area (Å²) in [4.78, 5) is 12.4. The maximum atomic E-state index is 12.4. The van der Waals surface area contributed by atoms with Crippen molar-refractivity contribution in [1.82, 2.24) is 9.78 Å². The third kappa shape index (κ3) is 2.80. The Balaban J connectivity index is 2.52. The van der Waals surface area contributed by atoms with Crippen LogP contribution < -0.4 is 5.56 Å². The normalized spacial score (nSPS) is 11.2. The molecule has 1 aromatic heterocycles. The molecule has 0 saturated heterocycles. The van der Waals surface area contributed by atoms with Crippen LogP contribution >= 0.6 is 0 Å². The Morgan fingerprint density at radius 3 is 2.47 bits per heavy atom. The molecule has 1 heterocycles. The van der Waals surface area contributed by atoms with E-state index in [0.717, 1.165) is 36.1 Å². The van der Waals surface area contributed by atoms with Crippen molar-refractivity contribution in [3.63, 3.8) is 0 Å². The molecule has 1 aromatic carbocycles. The van der Waals surface area contributed by atoms with Crippen molar-refractivity contribution in [3.8, 4) is 11.3 Å². The molecule has 3 heteroatoms. The second kappa shape index (κ2) is 5.91. The first-order chi connectivity index (χ1) is 9.15. The largest absolute Gasteiger partial charge is 0.294 e. The molecule has 19 heavy (non-hydrogen) atoms. The summed E-state index contributed by atoms with van der Waals surface area (Å²) in [6.45, 7) is 6.20. The molecule has 0 amide bonds. The van der Waals surface area contributed by atoms with Crippen molar-refractivity contribution in [2.75, 3.05) is 0 Å². The van der Waals surface area contributed by atoms with Crippen LogP contribution in [-0.4, -0.2) is 9.78 Å². The molecule has 0 unspecified atom stereocenters. The van der Waals surface area contributed by atoms with E-state index in [9.17, 15) is 4.79 Å². The molecule has 0 atom stereocenters. The molecule has 0 aliphatic rings. The summed E-state index contributed by atoms with van der Waals surface area (Å²) in [6.07, 6.45) is 2.99. The molecular formula is C16H22N2O. The lowest BCUT2D eigenvalue weighted by Gasteiger charge is -2.04. The molecule has 0 aliphatic heterocycles. The summed E-state index contributed by atoms with van der Waals surface area (Å²) in [7, 11) is 0. The zero-order valence-electron chi connectivity index (χ0n) is 11.9. The molecule has 0 radical (unpaired) electrons. The molecule has 0 aliphatic carbocycles. The highest BCUT2D eigenvalue weighted by molar-refractivity contribution is 5.62. The molecule has 0 bridgehead atoms. The number of benzene rings is 1. The Bertz CT molecular complexity index is 579. The van der Waals surface area contributed by atoms with Crippen molar-refractivity contribution in [3.05, 3.63) is 46.2 Å². The second-order valence-electron chi connectivity index (χ2n) is 5.20. The van der Waals surface area contributed by atoms with Crippen molar-refractivity contribution in [2.24, 2.45) is 0 Å². The first kappa shape index (κ1) is 13.7. The minimum Gasteiger partial charge on any atom is -0.294 e. The highest BCUT2D eigenvalue weighted by Crippen LogP contribution is 2.21. The number of unbranched alkanes of at least 4 members (excludes halogenated alkanes) is 1. The smallest absolute Gasteiger partial charge is 0.270 e. The quantitative estimate of drug-likeness (QED) is 0.871. The number of hydrogen-bond acceptors (Lipinski definition) is 1. The van der Waals surface area contributed by atoms with E-state index in [4.69, 9.17) is 0 Å². The zero-order chi connectivity index (χ0) is 13.8. The van der Waals surface area contributed by atoms with Gasteiger partial charge in [-0.15, -0.1) is 0 Å². The highest BCUT2D eigenvalue weighted by Gasteiger charge is 2.16. The van der Waals surface area contributed by atoms with E-state index in [2.05, 4.69) is 12.0 Å². The van der Waals surface area contributed by atoms with Crippen LogP contribution in [0.1, 0.15) is 45.2 Å². The summed E-state index contributed by atoms with van der Waals surface area (Å²) in [5, 5.41) is 3.28. The zero-order valence-corrected chi connectivity index (χ0v) is 11.9. The van der Waals surface area contributed by atoms with Crippen LogP contribution in [0, 0.1) is 0 Å². The van der Waals surface area contributed by atoms with Gasteiger partial charge in [0.05, 0.1) is 5.69 Å². The average molecular weight is 258 g/mol. The fourth-order valence-corrected chi connectivity index (χ4v) is 2.28. The van der Waals surface area contributed by atoms with Crippen molar-refractivity contribution >= 4 is 0 Å². The van der Waals surface area contributed by atoms with Gasteiger partial charge in [-0.05, 0) is 32.3 Å². The Labute approximate surface area is 114 Å². The van der Waals surface area contributed by atoms with Crippen LogP contribution in [0.3, 0.4) is 0 Å². The van der Waals surface area contributed by atoms with Gasteiger partial charge in [0.15, 0.2) is 0 Å². The fraction of sp³-hybridized carbons (Fsp3) is 0.438. The van der Waals surface area contributed by atoms with Crippen molar-refractivity contribution in [1.29, 1.82) is 0 Å². The number of nitrogens with zero attached hydrogens (tertiary/aromatic N) is 1. The number of aromatic amines is 1. The molecule has 2 rings (SSSR count). The third-order valence-electron chi connectivity index (χ3n) is 3.37. The third-order valence-corrected chi connectivity index (χ3v) is 3.37. The molecule has 3 nitrogen and oxygen atoms in total. The lowest BCUT2D eigenvalue weighted by atomic mass is 10.0. The first-order valence-corrected chi connectivity index (χ1v) is 7.04. The summed E-state index contributed by atoms with van der Waals surface area (Å²) < 4.78 is 1.73. The molecule has 0 fully saturated rings. The highest BCUT2D eigenvalue weighted by atomic mass is 16.1. The van der Waals surface area contributed by atoms with Crippen LogP contribution in [0.4, 0.5) is 0 Å². The average Bonchev–Trinajstić information content (AvgIpc) is 2.75. The Morgan fingerprint density at radius 1 is 1.21 bits per heavy atom. The summed E-state index contributed by atoms with van der Waals surface area (Å²) in [5.74, 6) is 0. The number of rotatable bonds is 5. The van der Waals surface area contributed by atoms with Gasteiger partial charge in [-0.1, -0.05) is 43.7 Å². The number of aromatic nitrogens is 2. The van der Waals surface area contributed by atoms with Gasteiger partial charge in [-0.25, -0.2) is 4.68 Å². The van der Waals surface area contributed by atoms with Crippen LogP contribution in [-0.2, 0) is 6.42 Å².